The van der Waals surface area contributed by atoms with Crippen LogP contribution in [0, 0.1) is 17.8 Å². The first-order valence-electron chi connectivity index (χ1n) is 8.66. The number of carbonyl (C=O) groups excluding carboxylic acids is 1. The molecule has 1 amide bonds. The highest BCUT2D eigenvalue weighted by atomic mass is 16.5. The van der Waals surface area contributed by atoms with E-state index in [-0.39, 0.29) is 11.9 Å². The fraction of sp³-hybridized carbons (Fsp3) is 0.765. The van der Waals surface area contributed by atoms with E-state index in [1.807, 2.05) is 6.92 Å². The minimum absolute atomic E-state index is 0.0956. The highest BCUT2D eigenvalue weighted by Gasteiger charge is 2.57. The molecule has 1 N–H and O–H groups in total. The average molecular weight is 304 g/mol. The summed E-state index contributed by atoms with van der Waals surface area (Å²) in [5, 5.41) is 7.12. The van der Waals surface area contributed by atoms with Gasteiger partial charge in [-0.25, -0.2) is 0 Å². The van der Waals surface area contributed by atoms with Gasteiger partial charge in [0.05, 0.1) is 6.10 Å². The van der Waals surface area contributed by atoms with Gasteiger partial charge in [0.2, 0.25) is 0 Å². The van der Waals surface area contributed by atoms with Gasteiger partial charge in [0.15, 0.2) is 5.69 Å². The summed E-state index contributed by atoms with van der Waals surface area (Å²) in [6.45, 7) is 2.83. The van der Waals surface area contributed by atoms with Crippen LogP contribution in [-0.4, -0.2) is 29.8 Å². The predicted octanol–water partition coefficient (Wildman–Crippen LogP) is 2.56. The molecule has 1 aromatic rings. The smallest absolute Gasteiger partial charge is 0.273 e. The van der Waals surface area contributed by atoms with Gasteiger partial charge in [0.1, 0.15) is 5.76 Å². The number of hydrogen-bond acceptors (Lipinski definition) is 4. The highest BCUT2D eigenvalue weighted by Crippen LogP contribution is 2.51. The second-order valence-electron chi connectivity index (χ2n) is 6.94. The molecule has 5 heteroatoms. The number of hydrogen-bond donors (Lipinski definition) is 1. The SMILES string of the molecule is CCc1cc(C(=O)N[C@@H]2[C@@H]3CCO[C@@H]3[C@@H]2C2CCCC2)no1. The van der Waals surface area contributed by atoms with Crippen molar-refractivity contribution in [1.29, 1.82) is 0 Å². The predicted molar refractivity (Wildman–Crippen MR) is 80.4 cm³/mol. The first-order valence-corrected chi connectivity index (χ1v) is 8.66. The van der Waals surface area contributed by atoms with Gasteiger partial charge < -0.3 is 14.6 Å². The zero-order valence-corrected chi connectivity index (χ0v) is 13.1. The van der Waals surface area contributed by atoms with E-state index in [1.165, 1.54) is 25.7 Å². The lowest BCUT2D eigenvalue weighted by Crippen LogP contribution is -2.63. The Labute approximate surface area is 130 Å². The van der Waals surface area contributed by atoms with Gasteiger partial charge >= 0.3 is 0 Å². The lowest BCUT2D eigenvalue weighted by Gasteiger charge is -2.50. The molecule has 2 saturated carbocycles. The van der Waals surface area contributed by atoms with E-state index < -0.39 is 0 Å². The molecule has 3 fully saturated rings. The second-order valence-corrected chi connectivity index (χ2v) is 6.94. The molecular formula is C17H24N2O3. The topological polar surface area (TPSA) is 64.4 Å². The fourth-order valence-electron chi connectivity index (χ4n) is 4.67. The van der Waals surface area contributed by atoms with Crippen molar-refractivity contribution in [1.82, 2.24) is 10.5 Å². The summed E-state index contributed by atoms with van der Waals surface area (Å²) in [4.78, 5) is 12.5. The van der Waals surface area contributed by atoms with Crippen LogP contribution in [0.2, 0.25) is 0 Å². The molecule has 2 heterocycles. The molecular weight excluding hydrogens is 280 g/mol. The van der Waals surface area contributed by atoms with Crippen molar-refractivity contribution in [3.8, 4) is 0 Å². The van der Waals surface area contributed by atoms with Crippen LogP contribution in [0.15, 0.2) is 10.6 Å². The quantitative estimate of drug-likeness (QED) is 0.928. The molecule has 120 valence electrons. The monoisotopic (exact) mass is 304 g/mol. The molecule has 22 heavy (non-hydrogen) atoms. The standard InChI is InChI=1S/C17H24N2O3/c1-2-11-9-13(19-22-11)17(20)18-15-12-7-8-21-16(12)14(15)10-5-3-4-6-10/h9-10,12,14-16H,2-8H2,1H3,(H,18,20)/t12-,14+,15+,16-/m0/s1. The molecule has 1 aromatic heterocycles. The summed E-state index contributed by atoms with van der Waals surface area (Å²) in [6, 6.07) is 2.01. The van der Waals surface area contributed by atoms with Crippen molar-refractivity contribution in [2.45, 2.75) is 57.6 Å². The number of rotatable bonds is 4. The third kappa shape index (κ3) is 2.26. The third-order valence-corrected chi connectivity index (χ3v) is 5.82. The van der Waals surface area contributed by atoms with Gasteiger partial charge in [0.25, 0.3) is 5.91 Å². The summed E-state index contributed by atoms with van der Waals surface area (Å²) in [5.74, 6) is 2.37. The van der Waals surface area contributed by atoms with Crippen molar-refractivity contribution in [3.63, 3.8) is 0 Å². The Hall–Kier alpha value is -1.36. The van der Waals surface area contributed by atoms with Crippen molar-refractivity contribution in [2.24, 2.45) is 17.8 Å². The summed E-state index contributed by atoms with van der Waals surface area (Å²) in [5.41, 5.74) is 0.407. The molecule has 5 nitrogen and oxygen atoms in total. The van der Waals surface area contributed by atoms with Gasteiger partial charge in [0, 0.05) is 37.0 Å². The number of nitrogens with one attached hydrogen (secondary N) is 1. The number of aromatic nitrogens is 1. The first kappa shape index (κ1) is 14.2. The summed E-state index contributed by atoms with van der Waals surface area (Å²) >= 11 is 0. The van der Waals surface area contributed by atoms with Crippen LogP contribution < -0.4 is 5.32 Å². The molecule has 3 aliphatic rings. The van der Waals surface area contributed by atoms with Gasteiger partial charge in [-0.15, -0.1) is 0 Å². The van der Waals surface area contributed by atoms with Crippen LogP contribution in [-0.2, 0) is 11.2 Å². The van der Waals surface area contributed by atoms with Gasteiger partial charge in [-0.05, 0) is 12.3 Å². The van der Waals surface area contributed by atoms with Gasteiger partial charge in [-0.3, -0.25) is 4.79 Å². The highest BCUT2D eigenvalue weighted by molar-refractivity contribution is 5.92. The zero-order valence-electron chi connectivity index (χ0n) is 13.1. The van der Waals surface area contributed by atoms with E-state index in [9.17, 15) is 4.79 Å². The first-order chi connectivity index (χ1) is 10.8. The van der Waals surface area contributed by atoms with E-state index in [0.717, 1.165) is 25.2 Å². The number of amides is 1. The Kier molecular flexibility index (Phi) is 3.68. The molecule has 0 unspecified atom stereocenters. The number of ether oxygens (including phenoxy) is 1. The number of fused-ring (bicyclic) bond motifs is 1. The van der Waals surface area contributed by atoms with Crippen molar-refractivity contribution < 1.29 is 14.1 Å². The van der Waals surface area contributed by atoms with Crippen molar-refractivity contribution in [3.05, 3.63) is 17.5 Å². The summed E-state index contributed by atoms with van der Waals surface area (Å²) < 4.78 is 11.1. The molecule has 0 bridgehead atoms. The number of aryl methyl sites for hydroxylation is 1. The summed E-state index contributed by atoms with van der Waals surface area (Å²) in [6.07, 6.45) is 7.41. The Morgan fingerprint density at radius 2 is 2.18 bits per heavy atom. The Bertz CT molecular complexity index is 545. The van der Waals surface area contributed by atoms with E-state index in [0.29, 0.717) is 29.6 Å². The second kappa shape index (κ2) is 5.69. The van der Waals surface area contributed by atoms with Crippen LogP contribution in [0.1, 0.15) is 55.3 Å². The van der Waals surface area contributed by atoms with Crippen LogP contribution in [0.3, 0.4) is 0 Å². The summed E-state index contributed by atoms with van der Waals surface area (Å²) in [7, 11) is 0. The van der Waals surface area contributed by atoms with Gasteiger partial charge in [-0.2, -0.15) is 0 Å². The number of carbonyl (C=O) groups is 1. The molecule has 4 atom stereocenters. The fourth-order valence-corrected chi connectivity index (χ4v) is 4.67. The van der Waals surface area contributed by atoms with Crippen LogP contribution >= 0.6 is 0 Å². The third-order valence-electron chi connectivity index (χ3n) is 5.82. The molecule has 0 spiro atoms. The van der Waals surface area contributed by atoms with E-state index in [1.54, 1.807) is 6.07 Å². The maximum Gasteiger partial charge on any atom is 0.273 e. The molecule has 0 radical (unpaired) electrons. The zero-order chi connectivity index (χ0) is 15.1. The van der Waals surface area contributed by atoms with Crippen LogP contribution in [0.4, 0.5) is 0 Å². The van der Waals surface area contributed by atoms with E-state index in [2.05, 4.69) is 10.5 Å². The maximum atomic E-state index is 12.5. The Morgan fingerprint density at radius 1 is 1.36 bits per heavy atom. The number of nitrogens with zero attached hydrogens (tertiary/aromatic N) is 1. The lowest BCUT2D eigenvalue weighted by atomic mass is 9.61. The molecule has 0 aromatic carbocycles. The van der Waals surface area contributed by atoms with Crippen molar-refractivity contribution in [2.75, 3.05) is 6.61 Å². The van der Waals surface area contributed by atoms with Gasteiger partial charge in [-0.1, -0.05) is 37.8 Å². The Balaban J connectivity index is 1.46. The van der Waals surface area contributed by atoms with Crippen LogP contribution in [0.25, 0.3) is 0 Å². The van der Waals surface area contributed by atoms with Crippen molar-refractivity contribution >= 4 is 5.91 Å². The maximum absolute atomic E-state index is 12.5. The minimum atomic E-state index is -0.0956. The molecule has 4 rings (SSSR count). The van der Waals surface area contributed by atoms with Crippen LogP contribution in [0.5, 0.6) is 0 Å². The Morgan fingerprint density at radius 3 is 2.91 bits per heavy atom. The largest absolute Gasteiger partial charge is 0.377 e. The normalized spacial score (nSPS) is 34.4. The molecule has 1 saturated heterocycles. The molecule has 1 aliphatic heterocycles. The average Bonchev–Trinajstić information content (AvgIpc) is 3.26. The minimum Gasteiger partial charge on any atom is -0.377 e. The lowest BCUT2D eigenvalue weighted by molar-refractivity contribution is -0.0785. The molecule has 2 aliphatic carbocycles. The van der Waals surface area contributed by atoms with E-state index >= 15 is 0 Å². The van der Waals surface area contributed by atoms with E-state index in [4.69, 9.17) is 9.26 Å².